The highest BCUT2D eigenvalue weighted by Gasteiger charge is 2.35. The lowest BCUT2D eigenvalue weighted by Crippen LogP contribution is -2.50. The van der Waals surface area contributed by atoms with Gasteiger partial charge in [-0.3, -0.25) is 15.1 Å². The molecule has 0 radical (unpaired) electrons. The Kier molecular flexibility index (Phi) is 5.51. The fourth-order valence-electron chi connectivity index (χ4n) is 3.30. The Hall–Kier alpha value is -2.52. The van der Waals surface area contributed by atoms with Crippen molar-refractivity contribution in [3.8, 4) is 11.5 Å². The van der Waals surface area contributed by atoms with Gasteiger partial charge in [-0.1, -0.05) is 52.8 Å². The van der Waals surface area contributed by atoms with Crippen LogP contribution in [0.25, 0.3) is 5.70 Å². The first-order valence-corrected chi connectivity index (χ1v) is 10.8. The average Bonchev–Trinajstić information content (AvgIpc) is 2.73. The van der Waals surface area contributed by atoms with Crippen molar-refractivity contribution in [2.75, 3.05) is 20.0 Å². The van der Waals surface area contributed by atoms with E-state index in [4.69, 9.17) is 19.6 Å². The van der Waals surface area contributed by atoms with Gasteiger partial charge >= 0.3 is 0 Å². The molecule has 7 nitrogen and oxygen atoms in total. The fraction of sp³-hybridized carbons (Fsp3) is 0.250. The molecule has 2 aliphatic rings. The number of carbonyl (C=O) groups excluding carboxylic acids is 1. The van der Waals surface area contributed by atoms with Crippen LogP contribution < -0.4 is 25.4 Å². The van der Waals surface area contributed by atoms with Crippen molar-refractivity contribution in [3.05, 3.63) is 57.0 Å². The number of methoxy groups -OCH3 is 2. The van der Waals surface area contributed by atoms with Gasteiger partial charge in [-0.05, 0) is 24.0 Å². The van der Waals surface area contributed by atoms with Crippen molar-refractivity contribution in [1.29, 1.82) is 0 Å². The fourth-order valence-corrected chi connectivity index (χ4v) is 4.41. The van der Waals surface area contributed by atoms with E-state index in [0.717, 1.165) is 26.4 Å². The van der Waals surface area contributed by atoms with E-state index in [-0.39, 0.29) is 5.91 Å². The van der Waals surface area contributed by atoms with Crippen LogP contribution >= 0.6 is 27.7 Å². The van der Waals surface area contributed by atoms with Crippen LogP contribution in [0.15, 0.2) is 51.0 Å². The van der Waals surface area contributed by atoms with Gasteiger partial charge in [-0.25, -0.2) is 5.01 Å². The number of nitrogens with zero attached hydrogens (tertiary/aromatic N) is 3. The maximum Gasteiger partial charge on any atom is 0.276 e. The Morgan fingerprint density at radius 1 is 1.21 bits per heavy atom. The molecule has 2 aliphatic heterocycles. The first kappa shape index (κ1) is 19.8. The molecule has 150 valence electrons. The van der Waals surface area contributed by atoms with E-state index in [1.165, 1.54) is 11.8 Å². The molecule has 0 aromatic heterocycles. The minimum Gasteiger partial charge on any atom is -0.493 e. The third-order valence-electron chi connectivity index (χ3n) is 4.58. The van der Waals surface area contributed by atoms with Crippen LogP contribution in [0.4, 0.5) is 0 Å². The summed E-state index contributed by atoms with van der Waals surface area (Å²) in [6.45, 7) is 2.01. The number of hydrogen-bond donors (Lipinski definition) is 1. The summed E-state index contributed by atoms with van der Waals surface area (Å²) in [5.74, 6) is 1.78. The summed E-state index contributed by atoms with van der Waals surface area (Å²) < 4.78 is 11.7. The van der Waals surface area contributed by atoms with Crippen molar-refractivity contribution in [2.24, 2.45) is 10.1 Å². The summed E-state index contributed by atoms with van der Waals surface area (Å²) in [6, 6.07) is 11.3. The van der Waals surface area contributed by atoms with Crippen LogP contribution in [-0.4, -0.2) is 36.1 Å². The molecule has 1 atom stereocenters. The second kappa shape index (κ2) is 8.08. The molecule has 2 aromatic carbocycles. The quantitative estimate of drug-likeness (QED) is 0.735. The molecular formula is C20H19BrN4O3S. The second-order valence-corrected chi connectivity index (χ2v) is 8.34. The minimum atomic E-state index is -0.535. The molecule has 2 aromatic rings. The molecule has 2 heterocycles. The van der Waals surface area contributed by atoms with E-state index < -0.39 is 6.17 Å². The average molecular weight is 475 g/mol. The predicted molar refractivity (Wildman–Crippen MR) is 116 cm³/mol. The number of carbonyl (C=O) groups is 1. The first-order chi connectivity index (χ1) is 14.1. The number of nitrogens with one attached hydrogen (secondary N) is 1. The van der Waals surface area contributed by atoms with E-state index >= 15 is 0 Å². The zero-order chi connectivity index (χ0) is 20.5. The number of hydrogen-bond acceptors (Lipinski definition) is 7. The van der Waals surface area contributed by atoms with Gasteiger partial charge in [0, 0.05) is 15.3 Å². The zero-order valence-corrected chi connectivity index (χ0v) is 18.5. The number of para-hydroxylation sites is 1. The standard InChI is InChI=1S/C20H19BrN4O3S/c1-4-29-20-23-19(26)17-11-7-5-6-8-14(11)22-18(25(17)24-20)12-9-15(27-2)16(28-3)10-13(12)21/h5-10,18H,4H2,1-3H3,(H,23,24,26)/t18-/m1/s1. The molecule has 0 bridgehead atoms. The minimum absolute atomic E-state index is 0.195. The van der Waals surface area contributed by atoms with Crippen LogP contribution in [-0.2, 0) is 4.79 Å². The summed E-state index contributed by atoms with van der Waals surface area (Å²) in [4.78, 5) is 17.9. The van der Waals surface area contributed by atoms with E-state index in [0.29, 0.717) is 22.4 Å². The lowest BCUT2D eigenvalue weighted by molar-refractivity contribution is -0.116. The lowest BCUT2D eigenvalue weighted by Gasteiger charge is -2.34. The van der Waals surface area contributed by atoms with Gasteiger partial charge < -0.3 is 9.47 Å². The van der Waals surface area contributed by atoms with Crippen molar-refractivity contribution < 1.29 is 14.3 Å². The van der Waals surface area contributed by atoms with Crippen molar-refractivity contribution in [1.82, 2.24) is 10.3 Å². The topological polar surface area (TPSA) is 75.5 Å². The monoisotopic (exact) mass is 474 g/mol. The van der Waals surface area contributed by atoms with Gasteiger partial charge in [0.1, 0.15) is 5.70 Å². The van der Waals surface area contributed by atoms with E-state index in [1.807, 2.05) is 43.3 Å². The molecule has 0 saturated carbocycles. The smallest absolute Gasteiger partial charge is 0.276 e. The van der Waals surface area contributed by atoms with Crippen LogP contribution in [0.5, 0.6) is 11.5 Å². The number of thioether (sulfide) groups is 1. The molecule has 0 fully saturated rings. The molecular weight excluding hydrogens is 456 g/mol. The molecule has 1 amide bonds. The van der Waals surface area contributed by atoms with Crippen molar-refractivity contribution in [2.45, 2.75) is 13.1 Å². The Morgan fingerprint density at radius 2 is 1.93 bits per heavy atom. The van der Waals surface area contributed by atoms with Gasteiger partial charge in [0.15, 0.2) is 22.8 Å². The lowest BCUT2D eigenvalue weighted by atomic mass is 10.1. The molecule has 1 N–H and O–H groups in total. The molecule has 0 saturated heterocycles. The number of ether oxygens (including phenoxy) is 2. The largest absolute Gasteiger partial charge is 0.493 e. The van der Waals surface area contributed by atoms with E-state index in [1.54, 1.807) is 19.2 Å². The predicted octanol–water partition coefficient (Wildman–Crippen LogP) is 2.36. The number of fused-ring (bicyclic) bond motifs is 2. The molecule has 0 spiro atoms. The Balaban J connectivity index is 1.96. The highest BCUT2D eigenvalue weighted by Crippen LogP contribution is 2.40. The summed E-state index contributed by atoms with van der Waals surface area (Å²) in [7, 11) is 3.17. The third-order valence-corrected chi connectivity index (χ3v) is 6.01. The number of hydrazone groups is 1. The van der Waals surface area contributed by atoms with Crippen LogP contribution in [0.1, 0.15) is 18.7 Å². The molecule has 0 aliphatic carbocycles. The van der Waals surface area contributed by atoms with Crippen molar-refractivity contribution in [3.63, 3.8) is 0 Å². The van der Waals surface area contributed by atoms with Gasteiger partial charge in [-0.15, -0.1) is 5.10 Å². The number of amidine groups is 1. The number of amides is 1. The van der Waals surface area contributed by atoms with Crippen LogP contribution in [0.3, 0.4) is 0 Å². The second-order valence-electron chi connectivity index (χ2n) is 6.23. The van der Waals surface area contributed by atoms with E-state index in [9.17, 15) is 4.79 Å². The van der Waals surface area contributed by atoms with E-state index in [2.05, 4.69) is 21.2 Å². The molecule has 4 rings (SSSR count). The molecule has 0 unspecified atom stereocenters. The summed E-state index contributed by atoms with van der Waals surface area (Å²) in [5.41, 5.74) is 1.29. The highest BCUT2D eigenvalue weighted by atomic mass is 79.9. The number of rotatable bonds is 4. The van der Waals surface area contributed by atoms with Crippen LogP contribution in [0.2, 0.25) is 0 Å². The zero-order valence-electron chi connectivity index (χ0n) is 16.1. The third kappa shape index (κ3) is 3.49. The highest BCUT2D eigenvalue weighted by molar-refractivity contribution is 9.10. The Labute approximate surface area is 180 Å². The summed E-state index contributed by atoms with van der Waals surface area (Å²) >= 11 is 5.09. The maximum absolute atomic E-state index is 13.0. The SMILES string of the molecule is CCSC1=NN2C(=c3ccccc3=N[C@H]2c2cc(OC)c(OC)cc2Br)C(=O)N1. The first-order valence-electron chi connectivity index (χ1n) is 8.98. The summed E-state index contributed by atoms with van der Waals surface area (Å²) in [6.07, 6.45) is -0.535. The van der Waals surface area contributed by atoms with Gasteiger partial charge in [0.05, 0.1) is 19.6 Å². The van der Waals surface area contributed by atoms with Gasteiger partial charge in [0.2, 0.25) is 0 Å². The van der Waals surface area contributed by atoms with Crippen molar-refractivity contribution >= 4 is 44.5 Å². The Bertz CT molecular complexity index is 1140. The van der Waals surface area contributed by atoms with Gasteiger partial charge in [0.25, 0.3) is 5.91 Å². The Morgan fingerprint density at radius 3 is 2.66 bits per heavy atom. The molecule has 9 heteroatoms. The van der Waals surface area contributed by atoms with Gasteiger partial charge in [-0.2, -0.15) is 0 Å². The van der Waals surface area contributed by atoms with Crippen LogP contribution in [0, 0.1) is 0 Å². The molecule has 29 heavy (non-hydrogen) atoms. The maximum atomic E-state index is 13.0. The number of halogens is 1. The number of benzene rings is 2. The summed E-state index contributed by atoms with van der Waals surface area (Å²) in [5, 5.41) is 11.3. The normalized spacial score (nSPS) is 17.6.